The number of nitrogens with zero attached hydrogens (tertiary/aromatic N) is 4. The van der Waals surface area contributed by atoms with Crippen molar-refractivity contribution in [3.63, 3.8) is 0 Å². The fourth-order valence-electron chi connectivity index (χ4n) is 4.92. The highest BCUT2D eigenvalue weighted by Crippen LogP contribution is 2.36. The average Bonchev–Trinajstić information content (AvgIpc) is 3.50. The Kier molecular flexibility index (Phi) is 6.04. The summed E-state index contributed by atoms with van der Waals surface area (Å²) in [4.78, 5) is 22.6. The van der Waals surface area contributed by atoms with Crippen molar-refractivity contribution in [3.05, 3.63) is 30.0 Å². The van der Waals surface area contributed by atoms with Crippen LogP contribution in [0.5, 0.6) is 5.75 Å². The summed E-state index contributed by atoms with van der Waals surface area (Å²) in [6, 6.07) is 5.39. The number of anilines is 1. The summed E-state index contributed by atoms with van der Waals surface area (Å²) in [6.07, 6.45) is -3.79. The van der Waals surface area contributed by atoms with E-state index < -0.39 is 11.9 Å². The third-order valence-electron chi connectivity index (χ3n) is 6.70. The van der Waals surface area contributed by atoms with Crippen LogP contribution in [0.2, 0.25) is 0 Å². The largest absolute Gasteiger partial charge is 0.508 e. The van der Waals surface area contributed by atoms with Crippen molar-refractivity contribution in [1.82, 2.24) is 20.1 Å². The van der Waals surface area contributed by atoms with Crippen molar-refractivity contribution in [1.29, 1.82) is 0 Å². The monoisotopic (exact) mass is 481 g/mol. The molecule has 3 aliphatic rings. The molecule has 1 aromatic carbocycles. The Labute approximate surface area is 193 Å². The standard InChI is InChI=1S/C22H26F3N5O2S/c23-22(24,25)20-11-19(16-10-15(31)1-2-17(16)27-20)29-5-3-28(4-6-29)14-9-18(26-12-14)21(32)30-7-8-33-13-30/h1-2,10-11,14,18,26,31H,3-9,12-13H2/t14-,18-/m0/s1. The first-order valence-electron chi connectivity index (χ1n) is 11.1. The Bertz CT molecular complexity index is 1040. The number of carbonyl (C=O) groups excluding carboxylic acids is 1. The minimum Gasteiger partial charge on any atom is -0.508 e. The van der Waals surface area contributed by atoms with Crippen LogP contribution < -0.4 is 10.2 Å². The molecular formula is C22H26F3N5O2S. The molecule has 178 valence electrons. The zero-order chi connectivity index (χ0) is 23.2. The maximum absolute atomic E-state index is 13.4. The van der Waals surface area contributed by atoms with E-state index in [2.05, 4.69) is 15.2 Å². The lowest BCUT2D eigenvalue weighted by molar-refractivity contribution is -0.141. The minimum atomic E-state index is -4.55. The second kappa shape index (κ2) is 8.84. The number of phenols is 1. The summed E-state index contributed by atoms with van der Waals surface area (Å²) in [5.74, 6) is 1.91. The van der Waals surface area contributed by atoms with Gasteiger partial charge in [0.2, 0.25) is 5.91 Å². The van der Waals surface area contributed by atoms with E-state index >= 15 is 0 Å². The van der Waals surface area contributed by atoms with Crippen LogP contribution in [0, 0.1) is 0 Å². The van der Waals surface area contributed by atoms with E-state index in [1.54, 1.807) is 11.8 Å². The molecule has 0 aliphatic carbocycles. The summed E-state index contributed by atoms with van der Waals surface area (Å²) < 4.78 is 40.3. The molecule has 7 nitrogen and oxygen atoms in total. The zero-order valence-corrected chi connectivity index (χ0v) is 18.8. The van der Waals surface area contributed by atoms with Gasteiger partial charge in [-0.15, -0.1) is 11.8 Å². The summed E-state index contributed by atoms with van der Waals surface area (Å²) in [7, 11) is 0. The predicted molar refractivity (Wildman–Crippen MR) is 121 cm³/mol. The second-order valence-corrected chi connectivity index (χ2v) is 9.81. The van der Waals surface area contributed by atoms with E-state index in [0.717, 1.165) is 37.2 Å². The summed E-state index contributed by atoms with van der Waals surface area (Å²) >= 11 is 1.77. The second-order valence-electron chi connectivity index (χ2n) is 8.74. The minimum absolute atomic E-state index is 0.00640. The number of carbonyl (C=O) groups is 1. The molecule has 0 unspecified atom stereocenters. The normalized spacial score (nSPS) is 24.7. The first-order chi connectivity index (χ1) is 15.8. The Hall–Kier alpha value is -2.24. The Morgan fingerprint density at radius 2 is 1.94 bits per heavy atom. The molecule has 0 bridgehead atoms. The van der Waals surface area contributed by atoms with E-state index in [4.69, 9.17) is 0 Å². The maximum Gasteiger partial charge on any atom is 0.433 e. The molecule has 3 saturated heterocycles. The van der Waals surface area contributed by atoms with Gasteiger partial charge >= 0.3 is 6.18 Å². The number of alkyl halides is 3. The van der Waals surface area contributed by atoms with E-state index in [0.29, 0.717) is 37.3 Å². The lowest BCUT2D eigenvalue weighted by Crippen LogP contribution is -2.51. The smallest absolute Gasteiger partial charge is 0.433 e. The molecule has 11 heteroatoms. The van der Waals surface area contributed by atoms with Gasteiger partial charge in [-0.25, -0.2) is 4.98 Å². The number of hydrogen-bond donors (Lipinski definition) is 2. The number of piperazine rings is 1. The van der Waals surface area contributed by atoms with E-state index in [1.165, 1.54) is 18.2 Å². The highest BCUT2D eigenvalue weighted by molar-refractivity contribution is 7.99. The Balaban J connectivity index is 1.28. The van der Waals surface area contributed by atoms with Crippen LogP contribution in [0.15, 0.2) is 24.3 Å². The van der Waals surface area contributed by atoms with Crippen LogP contribution >= 0.6 is 11.8 Å². The average molecular weight is 482 g/mol. The van der Waals surface area contributed by atoms with Crippen LogP contribution in [-0.4, -0.2) is 88.8 Å². The van der Waals surface area contributed by atoms with E-state index in [-0.39, 0.29) is 29.3 Å². The van der Waals surface area contributed by atoms with Crippen molar-refractivity contribution in [2.45, 2.75) is 24.7 Å². The predicted octanol–water partition coefficient (Wildman–Crippen LogP) is 2.34. The molecule has 0 saturated carbocycles. The number of nitrogens with one attached hydrogen (secondary N) is 1. The highest BCUT2D eigenvalue weighted by atomic mass is 32.2. The first-order valence-corrected chi connectivity index (χ1v) is 12.2. The van der Waals surface area contributed by atoms with Gasteiger partial charge in [-0.1, -0.05) is 0 Å². The lowest BCUT2D eigenvalue weighted by Gasteiger charge is -2.39. The molecule has 2 N–H and O–H groups in total. The molecular weight excluding hydrogens is 455 g/mol. The molecule has 2 aromatic rings. The molecule has 2 atom stereocenters. The number of rotatable bonds is 3. The highest BCUT2D eigenvalue weighted by Gasteiger charge is 2.38. The van der Waals surface area contributed by atoms with Crippen molar-refractivity contribution >= 4 is 34.3 Å². The fraction of sp³-hybridized carbons (Fsp3) is 0.545. The summed E-state index contributed by atoms with van der Waals surface area (Å²) in [5, 5.41) is 13.8. The molecule has 33 heavy (non-hydrogen) atoms. The number of phenolic OH excluding ortho intramolecular Hbond substituents is 1. The molecule has 1 aromatic heterocycles. The van der Waals surface area contributed by atoms with Crippen molar-refractivity contribution < 1.29 is 23.1 Å². The summed E-state index contributed by atoms with van der Waals surface area (Å²) in [5.41, 5.74) is -0.284. The molecule has 3 fully saturated rings. The first kappa shape index (κ1) is 22.5. The van der Waals surface area contributed by atoms with Gasteiger partial charge in [-0.3, -0.25) is 9.69 Å². The number of hydrogen-bond acceptors (Lipinski definition) is 7. The van der Waals surface area contributed by atoms with Gasteiger partial charge in [-0.05, 0) is 30.7 Å². The van der Waals surface area contributed by atoms with Crippen LogP contribution in [0.1, 0.15) is 12.1 Å². The molecule has 0 radical (unpaired) electrons. The van der Waals surface area contributed by atoms with Crippen LogP contribution in [0.4, 0.5) is 18.9 Å². The van der Waals surface area contributed by atoms with Gasteiger partial charge in [0.1, 0.15) is 11.4 Å². The lowest BCUT2D eigenvalue weighted by atomic mass is 10.1. The van der Waals surface area contributed by atoms with Crippen molar-refractivity contribution in [3.8, 4) is 5.75 Å². The fourth-order valence-corrected chi connectivity index (χ4v) is 5.88. The SMILES string of the molecule is O=C([C@@H]1C[C@H](N2CCN(c3cc(C(F)(F)F)nc4ccc(O)cc34)CC2)CN1)N1CCSC1. The van der Waals surface area contributed by atoms with Gasteiger partial charge in [0.25, 0.3) is 0 Å². The van der Waals surface area contributed by atoms with Crippen LogP contribution in [0.25, 0.3) is 10.9 Å². The number of benzene rings is 1. The quantitative estimate of drug-likeness (QED) is 0.698. The number of pyridine rings is 1. The van der Waals surface area contributed by atoms with Crippen LogP contribution in [-0.2, 0) is 11.0 Å². The number of halogens is 3. The third-order valence-corrected chi connectivity index (χ3v) is 7.67. The number of thioether (sulfide) groups is 1. The van der Waals surface area contributed by atoms with Crippen LogP contribution in [0.3, 0.4) is 0 Å². The maximum atomic E-state index is 13.4. The van der Waals surface area contributed by atoms with Gasteiger partial charge in [0, 0.05) is 62.1 Å². The van der Waals surface area contributed by atoms with E-state index in [9.17, 15) is 23.1 Å². The van der Waals surface area contributed by atoms with Gasteiger partial charge in [0.15, 0.2) is 0 Å². The number of amides is 1. The number of fused-ring (bicyclic) bond motifs is 1. The van der Waals surface area contributed by atoms with E-state index in [1.807, 2.05) is 9.80 Å². The van der Waals surface area contributed by atoms with Gasteiger partial charge in [-0.2, -0.15) is 13.2 Å². The third kappa shape index (κ3) is 4.58. The topological polar surface area (TPSA) is 71.9 Å². The zero-order valence-electron chi connectivity index (χ0n) is 18.0. The molecule has 4 heterocycles. The number of aromatic nitrogens is 1. The molecule has 0 spiro atoms. The molecule has 1 amide bonds. The summed E-state index contributed by atoms with van der Waals surface area (Å²) in [6.45, 7) is 4.05. The van der Waals surface area contributed by atoms with Crippen molar-refractivity contribution in [2.24, 2.45) is 0 Å². The Morgan fingerprint density at radius 1 is 1.15 bits per heavy atom. The van der Waals surface area contributed by atoms with Gasteiger partial charge in [0.05, 0.1) is 17.4 Å². The molecule has 5 rings (SSSR count). The van der Waals surface area contributed by atoms with Crippen molar-refractivity contribution in [2.75, 3.05) is 55.8 Å². The number of aromatic hydroxyl groups is 1. The Morgan fingerprint density at radius 3 is 2.64 bits per heavy atom. The molecule has 3 aliphatic heterocycles. The van der Waals surface area contributed by atoms with Gasteiger partial charge < -0.3 is 20.2 Å².